The number of carbonyl (C=O) groups is 2. The quantitative estimate of drug-likeness (QED) is 0.783. The van der Waals surface area contributed by atoms with E-state index in [1.54, 1.807) is 6.07 Å². The number of aromatic amines is 1. The molecule has 8 nitrogen and oxygen atoms in total. The lowest BCUT2D eigenvalue weighted by Gasteiger charge is -2.31. The number of benzene rings is 1. The fourth-order valence-corrected chi connectivity index (χ4v) is 4.07. The number of hydrogen-bond acceptors (Lipinski definition) is 5. The molecule has 1 aromatic heterocycles. The molecule has 3 heterocycles. The van der Waals surface area contributed by atoms with Crippen LogP contribution in [0.5, 0.6) is 0 Å². The van der Waals surface area contributed by atoms with E-state index in [2.05, 4.69) is 27.2 Å². The number of nitrogens with zero attached hydrogens (tertiary/aromatic N) is 3. The van der Waals surface area contributed by atoms with E-state index in [0.29, 0.717) is 17.6 Å². The summed E-state index contributed by atoms with van der Waals surface area (Å²) < 4.78 is 0. The first-order valence-electron chi connectivity index (χ1n) is 10.4. The predicted octanol–water partition coefficient (Wildman–Crippen LogP) is 0.908. The zero-order chi connectivity index (χ0) is 21.3. The minimum atomic E-state index is -0.480. The molecule has 0 spiro atoms. The number of rotatable bonds is 4. The van der Waals surface area contributed by atoms with E-state index in [0.717, 1.165) is 37.9 Å². The van der Waals surface area contributed by atoms with Crippen LogP contribution in [-0.2, 0) is 16.0 Å². The molecule has 156 valence electrons. The summed E-state index contributed by atoms with van der Waals surface area (Å²) in [5.41, 5.74) is 1.32. The van der Waals surface area contributed by atoms with Gasteiger partial charge in [0.15, 0.2) is 5.49 Å². The molecular weight excluding hydrogens is 382 g/mol. The van der Waals surface area contributed by atoms with E-state index in [-0.39, 0.29) is 22.7 Å². The zero-order valence-electron chi connectivity index (χ0n) is 17.2. The number of amides is 2. The minimum absolute atomic E-state index is 0.0251. The lowest BCUT2D eigenvalue weighted by atomic mass is 10.0. The number of para-hydroxylation sites is 1. The van der Waals surface area contributed by atoms with Crippen LogP contribution in [0.3, 0.4) is 0 Å². The van der Waals surface area contributed by atoms with Crippen molar-refractivity contribution >= 4 is 29.0 Å². The molecule has 0 aliphatic carbocycles. The maximum absolute atomic E-state index is 13.0. The van der Waals surface area contributed by atoms with Crippen LogP contribution in [0.2, 0.25) is 0 Å². The molecule has 1 atom stereocenters. The van der Waals surface area contributed by atoms with Gasteiger partial charge in [0.1, 0.15) is 0 Å². The number of piperidine rings is 1. The Labute approximate surface area is 173 Å². The van der Waals surface area contributed by atoms with Crippen LogP contribution >= 0.6 is 0 Å². The van der Waals surface area contributed by atoms with Gasteiger partial charge >= 0.3 is 0 Å². The highest BCUT2D eigenvalue weighted by atomic mass is 16.2. The highest BCUT2D eigenvalue weighted by Gasteiger charge is 2.24. The fourth-order valence-electron chi connectivity index (χ4n) is 4.07. The molecule has 1 saturated heterocycles. The molecule has 4 rings (SSSR count). The normalized spacial score (nSPS) is 18.6. The standard InChI is InChI=1S/C22H25N5O3/c1-3-14-8-4-5-9-16(14)23-20(29)15-11-17(28)24-19-18(15)21(30)26-22(25-19)27-10-6-7-13(2)12-27/h4-5,8-9,13H,3,6-7,10-12H2,1-2H3,(H,23,29)(H,24,25,26,28,30). The topological polar surface area (TPSA) is 108 Å². The van der Waals surface area contributed by atoms with Crippen molar-refractivity contribution in [3.05, 3.63) is 50.9 Å². The van der Waals surface area contributed by atoms with E-state index in [9.17, 15) is 14.4 Å². The van der Waals surface area contributed by atoms with Crippen molar-refractivity contribution in [2.45, 2.75) is 39.5 Å². The Morgan fingerprint density at radius 1 is 1.30 bits per heavy atom. The number of aryl methyl sites for hydroxylation is 1. The van der Waals surface area contributed by atoms with Gasteiger partial charge in [-0.25, -0.2) is 0 Å². The maximum Gasteiger partial charge on any atom is 0.262 e. The Bertz CT molecular complexity index is 1180. The van der Waals surface area contributed by atoms with Crippen molar-refractivity contribution < 1.29 is 9.59 Å². The van der Waals surface area contributed by atoms with Crippen LogP contribution in [-0.4, -0.2) is 34.9 Å². The van der Waals surface area contributed by atoms with Gasteiger partial charge in [0.2, 0.25) is 5.95 Å². The van der Waals surface area contributed by atoms with Gasteiger partial charge in [-0.2, -0.15) is 9.98 Å². The summed E-state index contributed by atoms with van der Waals surface area (Å²) in [6.07, 6.45) is 2.66. The number of anilines is 2. The van der Waals surface area contributed by atoms with E-state index >= 15 is 0 Å². The molecule has 0 radical (unpaired) electrons. The summed E-state index contributed by atoms with van der Waals surface area (Å²) in [6.45, 7) is 5.71. The monoisotopic (exact) mass is 407 g/mol. The number of H-pyrrole nitrogens is 1. The number of fused-ring (bicyclic) bond motifs is 1. The van der Waals surface area contributed by atoms with Crippen LogP contribution in [0, 0.1) is 5.92 Å². The SMILES string of the molecule is CCc1ccccc1NC(=O)C1=c2c(nc(N3CCCC(C)C3)[nH]c2=O)=NC(=O)C1. The van der Waals surface area contributed by atoms with Crippen molar-refractivity contribution in [1.29, 1.82) is 0 Å². The Balaban J connectivity index is 1.77. The molecule has 1 aromatic carbocycles. The maximum atomic E-state index is 13.0. The van der Waals surface area contributed by atoms with Crippen molar-refractivity contribution in [2.75, 3.05) is 23.3 Å². The van der Waals surface area contributed by atoms with Crippen LogP contribution in [0.25, 0.3) is 5.57 Å². The largest absolute Gasteiger partial charge is 0.342 e. The Kier molecular flexibility index (Phi) is 5.48. The summed E-state index contributed by atoms with van der Waals surface area (Å²) >= 11 is 0. The van der Waals surface area contributed by atoms with Crippen LogP contribution in [0.1, 0.15) is 38.7 Å². The second kappa shape index (κ2) is 8.22. The van der Waals surface area contributed by atoms with Crippen molar-refractivity contribution in [3.63, 3.8) is 0 Å². The fraction of sp³-hybridized carbons (Fsp3) is 0.409. The number of aromatic nitrogens is 2. The zero-order valence-corrected chi connectivity index (χ0v) is 17.2. The number of hydrogen-bond donors (Lipinski definition) is 2. The molecule has 8 heteroatoms. The smallest absolute Gasteiger partial charge is 0.262 e. The van der Waals surface area contributed by atoms with E-state index in [1.165, 1.54) is 0 Å². The Hall–Kier alpha value is -3.29. The van der Waals surface area contributed by atoms with Gasteiger partial charge in [-0.3, -0.25) is 19.4 Å². The molecule has 2 aliphatic rings. The predicted molar refractivity (Wildman–Crippen MR) is 114 cm³/mol. The second-order valence-electron chi connectivity index (χ2n) is 7.91. The van der Waals surface area contributed by atoms with Gasteiger partial charge < -0.3 is 10.2 Å². The van der Waals surface area contributed by atoms with Crippen molar-refractivity contribution in [1.82, 2.24) is 9.97 Å². The summed E-state index contributed by atoms with van der Waals surface area (Å²) in [6, 6.07) is 7.46. The summed E-state index contributed by atoms with van der Waals surface area (Å²) in [5.74, 6) is -0.0652. The Morgan fingerprint density at radius 2 is 2.10 bits per heavy atom. The first-order valence-corrected chi connectivity index (χ1v) is 10.4. The van der Waals surface area contributed by atoms with Crippen molar-refractivity contribution in [3.8, 4) is 0 Å². The highest BCUT2D eigenvalue weighted by Crippen LogP contribution is 2.19. The van der Waals surface area contributed by atoms with Crippen molar-refractivity contribution in [2.24, 2.45) is 10.9 Å². The third kappa shape index (κ3) is 3.90. The van der Waals surface area contributed by atoms with Gasteiger partial charge in [-0.1, -0.05) is 32.0 Å². The molecule has 2 amide bonds. The Morgan fingerprint density at radius 3 is 2.87 bits per heavy atom. The van der Waals surface area contributed by atoms with Gasteiger partial charge in [0.25, 0.3) is 17.4 Å². The molecule has 0 bridgehead atoms. The average molecular weight is 407 g/mol. The lowest BCUT2D eigenvalue weighted by molar-refractivity contribution is -0.118. The first-order chi connectivity index (χ1) is 14.5. The van der Waals surface area contributed by atoms with Gasteiger partial charge in [0.05, 0.1) is 11.6 Å². The van der Waals surface area contributed by atoms with Crippen LogP contribution < -0.4 is 26.5 Å². The molecule has 30 heavy (non-hydrogen) atoms. The van der Waals surface area contributed by atoms with Gasteiger partial charge in [0, 0.05) is 24.4 Å². The molecule has 1 fully saturated rings. The third-order valence-corrected chi connectivity index (χ3v) is 5.63. The summed E-state index contributed by atoms with van der Waals surface area (Å²) in [7, 11) is 0. The molecule has 2 N–H and O–H groups in total. The lowest BCUT2D eigenvalue weighted by Crippen LogP contribution is -2.51. The third-order valence-electron chi connectivity index (χ3n) is 5.63. The van der Waals surface area contributed by atoms with E-state index in [1.807, 2.05) is 30.0 Å². The molecule has 0 saturated carbocycles. The molecule has 2 aromatic rings. The second-order valence-corrected chi connectivity index (χ2v) is 7.91. The van der Waals surface area contributed by atoms with Gasteiger partial charge in [-0.05, 0) is 36.8 Å². The first kappa shape index (κ1) is 20.0. The molecular formula is C22H25N5O3. The molecule has 1 unspecified atom stereocenters. The summed E-state index contributed by atoms with van der Waals surface area (Å²) in [5, 5.41) is 2.92. The van der Waals surface area contributed by atoms with Crippen LogP contribution in [0.4, 0.5) is 11.6 Å². The molecule has 2 aliphatic heterocycles. The van der Waals surface area contributed by atoms with E-state index in [4.69, 9.17) is 0 Å². The minimum Gasteiger partial charge on any atom is -0.342 e. The van der Waals surface area contributed by atoms with E-state index < -0.39 is 17.4 Å². The number of nitrogens with one attached hydrogen (secondary N) is 2. The summed E-state index contributed by atoms with van der Waals surface area (Å²) in [4.78, 5) is 51.3. The van der Waals surface area contributed by atoms with Gasteiger partial charge in [-0.15, -0.1) is 0 Å². The highest BCUT2D eigenvalue weighted by molar-refractivity contribution is 6.23. The number of carbonyl (C=O) groups excluding carboxylic acids is 2. The average Bonchev–Trinajstić information content (AvgIpc) is 2.73. The van der Waals surface area contributed by atoms with Crippen LogP contribution in [0.15, 0.2) is 34.1 Å².